The second kappa shape index (κ2) is 8.99. The third-order valence-electron chi connectivity index (χ3n) is 4.06. The summed E-state index contributed by atoms with van der Waals surface area (Å²) in [5, 5.41) is 5.71. The number of halogens is 1. The molecule has 1 fully saturated rings. The topological polar surface area (TPSA) is 53.6 Å². The molecule has 0 aliphatic carbocycles. The highest BCUT2D eigenvalue weighted by molar-refractivity contribution is 9.10. The number of anilines is 1. The second-order valence-electron chi connectivity index (χ2n) is 6.06. The van der Waals surface area contributed by atoms with Gasteiger partial charge in [-0.3, -0.25) is 4.90 Å². The first-order valence-electron chi connectivity index (χ1n) is 8.37. The zero-order valence-corrected chi connectivity index (χ0v) is 15.5. The predicted octanol–water partition coefficient (Wildman–Crippen LogP) is 3.47. The van der Waals surface area contributed by atoms with Gasteiger partial charge in [0.05, 0.1) is 12.7 Å². The van der Waals surface area contributed by atoms with Gasteiger partial charge in [-0.05, 0) is 29.8 Å². The Labute approximate surface area is 156 Å². The maximum Gasteiger partial charge on any atom is 0.319 e. The minimum absolute atomic E-state index is 0.00753. The Balaban J connectivity index is 1.43. The molecule has 3 rings (SSSR count). The molecule has 25 heavy (non-hydrogen) atoms. The summed E-state index contributed by atoms with van der Waals surface area (Å²) in [4.78, 5) is 14.4. The summed E-state index contributed by atoms with van der Waals surface area (Å²) in [6, 6.07) is 17.7. The Hall–Kier alpha value is -1.89. The summed E-state index contributed by atoms with van der Waals surface area (Å²) in [7, 11) is 0. The lowest BCUT2D eigenvalue weighted by Gasteiger charge is -2.33. The summed E-state index contributed by atoms with van der Waals surface area (Å²) >= 11 is 3.37. The van der Waals surface area contributed by atoms with Crippen LogP contribution in [-0.4, -0.2) is 43.3 Å². The first kappa shape index (κ1) is 17.9. The molecule has 1 aliphatic rings. The summed E-state index contributed by atoms with van der Waals surface area (Å²) in [6.45, 7) is 3.82. The Morgan fingerprint density at radius 3 is 2.68 bits per heavy atom. The number of nitrogens with one attached hydrogen (secondary N) is 2. The van der Waals surface area contributed by atoms with Gasteiger partial charge < -0.3 is 15.4 Å². The quantitative estimate of drug-likeness (QED) is 0.803. The summed E-state index contributed by atoms with van der Waals surface area (Å²) in [5.74, 6) is 0. The van der Waals surface area contributed by atoms with Gasteiger partial charge in [-0.15, -0.1) is 0 Å². The zero-order chi connectivity index (χ0) is 17.5. The van der Waals surface area contributed by atoms with Crippen molar-refractivity contribution in [1.82, 2.24) is 10.2 Å². The molecule has 1 unspecified atom stereocenters. The van der Waals surface area contributed by atoms with Crippen LogP contribution in [-0.2, 0) is 11.3 Å². The first-order valence-corrected chi connectivity index (χ1v) is 9.16. The third-order valence-corrected chi connectivity index (χ3v) is 4.59. The van der Waals surface area contributed by atoms with Crippen LogP contribution in [0.3, 0.4) is 0 Å². The number of hydrogen-bond donors (Lipinski definition) is 2. The molecule has 1 heterocycles. The van der Waals surface area contributed by atoms with E-state index in [0.717, 1.165) is 29.8 Å². The average molecular weight is 404 g/mol. The van der Waals surface area contributed by atoms with E-state index in [0.29, 0.717) is 13.2 Å². The van der Waals surface area contributed by atoms with Crippen molar-refractivity contribution in [2.24, 2.45) is 0 Å². The van der Waals surface area contributed by atoms with Gasteiger partial charge in [0, 0.05) is 36.3 Å². The fourth-order valence-electron chi connectivity index (χ4n) is 2.80. The Bertz CT molecular complexity index is 679. The van der Waals surface area contributed by atoms with Crippen molar-refractivity contribution in [3.05, 3.63) is 64.6 Å². The van der Waals surface area contributed by atoms with Crippen LogP contribution in [0.1, 0.15) is 5.56 Å². The number of nitrogens with zero attached hydrogens (tertiary/aromatic N) is 1. The number of amides is 2. The van der Waals surface area contributed by atoms with E-state index >= 15 is 0 Å². The highest BCUT2D eigenvalue weighted by Crippen LogP contribution is 2.14. The predicted molar refractivity (Wildman–Crippen MR) is 103 cm³/mol. The maximum absolute atomic E-state index is 12.0. The highest BCUT2D eigenvalue weighted by Gasteiger charge is 2.21. The van der Waals surface area contributed by atoms with Gasteiger partial charge in [0.25, 0.3) is 0 Å². The van der Waals surface area contributed by atoms with Crippen molar-refractivity contribution in [1.29, 1.82) is 0 Å². The third kappa shape index (κ3) is 5.85. The number of carbonyl (C=O) groups is 1. The normalized spacial score (nSPS) is 17.9. The van der Waals surface area contributed by atoms with E-state index in [1.165, 1.54) is 5.56 Å². The molecule has 1 atom stereocenters. The average Bonchev–Trinajstić information content (AvgIpc) is 2.63. The molecular weight excluding hydrogens is 382 g/mol. The second-order valence-corrected chi connectivity index (χ2v) is 6.97. The Morgan fingerprint density at radius 2 is 1.92 bits per heavy atom. The number of carbonyl (C=O) groups excluding carboxylic acids is 1. The van der Waals surface area contributed by atoms with Gasteiger partial charge >= 0.3 is 6.03 Å². The monoisotopic (exact) mass is 403 g/mol. The smallest absolute Gasteiger partial charge is 0.319 e. The van der Waals surface area contributed by atoms with E-state index in [1.54, 1.807) is 0 Å². The van der Waals surface area contributed by atoms with Crippen molar-refractivity contribution >= 4 is 27.6 Å². The SMILES string of the molecule is O=C(NCC1CN(Cc2ccccc2)CCO1)Nc1ccc(Br)cc1. The molecule has 2 N–H and O–H groups in total. The number of hydrogen-bond acceptors (Lipinski definition) is 3. The van der Waals surface area contributed by atoms with Crippen LogP contribution in [0.15, 0.2) is 59.1 Å². The van der Waals surface area contributed by atoms with E-state index in [9.17, 15) is 4.79 Å². The van der Waals surface area contributed by atoms with E-state index < -0.39 is 0 Å². The summed E-state index contributed by atoms with van der Waals surface area (Å²) < 4.78 is 6.75. The molecule has 132 valence electrons. The van der Waals surface area contributed by atoms with Gasteiger partial charge in [-0.1, -0.05) is 46.3 Å². The number of ether oxygens (including phenoxy) is 1. The van der Waals surface area contributed by atoms with Gasteiger partial charge in [-0.25, -0.2) is 4.79 Å². The fraction of sp³-hybridized carbons (Fsp3) is 0.316. The maximum atomic E-state index is 12.0. The van der Waals surface area contributed by atoms with Crippen LogP contribution in [0.4, 0.5) is 10.5 Å². The van der Waals surface area contributed by atoms with Crippen LogP contribution in [0.25, 0.3) is 0 Å². The van der Waals surface area contributed by atoms with E-state index in [1.807, 2.05) is 30.3 Å². The number of benzene rings is 2. The Kier molecular flexibility index (Phi) is 6.44. The van der Waals surface area contributed by atoms with Gasteiger partial charge in [0.1, 0.15) is 0 Å². The minimum Gasteiger partial charge on any atom is -0.374 e. The summed E-state index contributed by atoms with van der Waals surface area (Å²) in [5.41, 5.74) is 2.06. The minimum atomic E-state index is -0.217. The standard InChI is InChI=1S/C19H22BrN3O2/c20-16-6-8-17(9-7-16)22-19(24)21-12-18-14-23(10-11-25-18)13-15-4-2-1-3-5-15/h1-9,18H,10-14H2,(H2,21,22,24). The lowest BCUT2D eigenvalue weighted by Crippen LogP contribution is -2.47. The molecule has 1 saturated heterocycles. The number of rotatable bonds is 5. The van der Waals surface area contributed by atoms with E-state index in [-0.39, 0.29) is 12.1 Å². The first-order chi connectivity index (χ1) is 12.2. The van der Waals surface area contributed by atoms with Crippen LogP contribution < -0.4 is 10.6 Å². The highest BCUT2D eigenvalue weighted by atomic mass is 79.9. The molecule has 0 saturated carbocycles. The van der Waals surface area contributed by atoms with Gasteiger partial charge in [-0.2, -0.15) is 0 Å². The molecule has 2 aromatic rings. The van der Waals surface area contributed by atoms with E-state index in [2.05, 4.69) is 55.7 Å². The van der Waals surface area contributed by atoms with Crippen LogP contribution in [0.2, 0.25) is 0 Å². The lowest BCUT2D eigenvalue weighted by molar-refractivity contribution is -0.0285. The molecule has 0 aromatic heterocycles. The Morgan fingerprint density at radius 1 is 1.16 bits per heavy atom. The van der Waals surface area contributed by atoms with Crippen molar-refractivity contribution in [2.45, 2.75) is 12.6 Å². The van der Waals surface area contributed by atoms with Crippen molar-refractivity contribution in [2.75, 3.05) is 31.6 Å². The van der Waals surface area contributed by atoms with Crippen LogP contribution in [0, 0.1) is 0 Å². The summed E-state index contributed by atoms with van der Waals surface area (Å²) in [6.07, 6.45) is 0.00753. The lowest BCUT2D eigenvalue weighted by atomic mass is 10.2. The fourth-order valence-corrected chi connectivity index (χ4v) is 3.07. The molecule has 6 heteroatoms. The molecule has 0 radical (unpaired) electrons. The van der Waals surface area contributed by atoms with Crippen molar-refractivity contribution in [3.8, 4) is 0 Å². The zero-order valence-electron chi connectivity index (χ0n) is 14.0. The van der Waals surface area contributed by atoms with Crippen molar-refractivity contribution in [3.63, 3.8) is 0 Å². The molecule has 5 nitrogen and oxygen atoms in total. The van der Waals surface area contributed by atoms with Gasteiger partial charge in [0.2, 0.25) is 0 Å². The molecule has 0 spiro atoms. The molecule has 0 bridgehead atoms. The van der Waals surface area contributed by atoms with Crippen LogP contribution in [0.5, 0.6) is 0 Å². The van der Waals surface area contributed by atoms with Gasteiger partial charge in [0.15, 0.2) is 0 Å². The van der Waals surface area contributed by atoms with Crippen LogP contribution >= 0.6 is 15.9 Å². The molecule has 2 aromatic carbocycles. The number of morpholine rings is 1. The van der Waals surface area contributed by atoms with Crippen molar-refractivity contribution < 1.29 is 9.53 Å². The largest absolute Gasteiger partial charge is 0.374 e. The molecule has 2 amide bonds. The number of urea groups is 1. The molecular formula is C19H22BrN3O2. The van der Waals surface area contributed by atoms with E-state index in [4.69, 9.17) is 4.74 Å². The molecule has 1 aliphatic heterocycles.